The van der Waals surface area contributed by atoms with Crippen LogP contribution in [0.3, 0.4) is 0 Å². The predicted octanol–water partition coefficient (Wildman–Crippen LogP) is 3.34. The predicted molar refractivity (Wildman–Crippen MR) is 97.0 cm³/mol. The van der Waals surface area contributed by atoms with E-state index in [0.717, 1.165) is 28.4 Å². The molecule has 0 aliphatic rings. The first kappa shape index (κ1) is 15.5. The Morgan fingerprint density at radius 2 is 2.00 bits per heavy atom. The number of hydrogen-bond acceptors (Lipinski definition) is 5. The molecule has 7 heteroatoms. The van der Waals surface area contributed by atoms with E-state index in [9.17, 15) is 4.79 Å². The minimum Gasteiger partial charge on any atom is -0.321 e. The van der Waals surface area contributed by atoms with Crippen LogP contribution in [-0.2, 0) is 6.42 Å². The van der Waals surface area contributed by atoms with Crippen LogP contribution in [0.1, 0.15) is 26.8 Å². The van der Waals surface area contributed by atoms with Crippen molar-refractivity contribution in [2.45, 2.75) is 13.3 Å². The summed E-state index contributed by atoms with van der Waals surface area (Å²) >= 11 is 1.34. The highest BCUT2D eigenvalue weighted by Gasteiger charge is 2.12. The first-order valence-electron chi connectivity index (χ1n) is 7.80. The molecule has 0 bridgehead atoms. The Bertz CT molecular complexity index is 1040. The van der Waals surface area contributed by atoms with Crippen molar-refractivity contribution in [2.75, 3.05) is 5.32 Å². The number of carbonyl (C=O) groups is 1. The summed E-state index contributed by atoms with van der Waals surface area (Å²) < 4.78 is 1.97. The Balaban J connectivity index is 1.49. The highest BCUT2D eigenvalue weighted by atomic mass is 32.1. The van der Waals surface area contributed by atoms with E-state index in [0.29, 0.717) is 11.3 Å². The average Bonchev–Trinajstić information content (AvgIpc) is 3.23. The number of pyridine rings is 1. The van der Waals surface area contributed by atoms with Gasteiger partial charge in [0.2, 0.25) is 0 Å². The lowest BCUT2D eigenvalue weighted by Gasteiger charge is -2.06. The topological polar surface area (TPSA) is 72.2 Å². The molecule has 0 fully saturated rings. The lowest BCUT2D eigenvalue weighted by atomic mass is 10.1. The van der Waals surface area contributed by atoms with Gasteiger partial charge in [-0.1, -0.05) is 18.2 Å². The number of carbonyl (C=O) groups excluding carboxylic acids is 1. The van der Waals surface area contributed by atoms with Gasteiger partial charge in [0.15, 0.2) is 5.65 Å². The van der Waals surface area contributed by atoms with Crippen molar-refractivity contribution in [1.82, 2.24) is 19.6 Å². The van der Waals surface area contributed by atoms with Crippen LogP contribution in [0.15, 0.2) is 54.2 Å². The fourth-order valence-electron chi connectivity index (χ4n) is 2.61. The quantitative estimate of drug-likeness (QED) is 0.613. The van der Waals surface area contributed by atoms with Gasteiger partial charge in [-0.15, -0.1) is 21.5 Å². The number of anilines is 1. The molecule has 0 aliphatic carbocycles. The van der Waals surface area contributed by atoms with Gasteiger partial charge in [0.05, 0.1) is 11.2 Å². The van der Waals surface area contributed by atoms with Crippen molar-refractivity contribution in [3.63, 3.8) is 0 Å². The van der Waals surface area contributed by atoms with Crippen LogP contribution in [0.5, 0.6) is 0 Å². The molecule has 1 N–H and O–H groups in total. The van der Waals surface area contributed by atoms with E-state index >= 15 is 0 Å². The molecule has 6 nitrogen and oxygen atoms in total. The van der Waals surface area contributed by atoms with Crippen LogP contribution in [-0.4, -0.2) is 25.5 Å². The number of fused-ring (bicyclic) bond motifs is 1. The summed E-state index contributed by atoms with van der Waals surface area (Å²) in [5.74, 6) is 0.754. The molecule has 0 saturated heterocycles. The van der Waals surface area contributed by atoms with E-state index in [-0.39, 0.29) is 5.91 Å². The number of aromatic nitrogens is 4. The van der Waals surface area contributed by atoms with E-state index in [2.05, 4.69) is 20.5 Å². The Kier molecular flexibility index (Phi) is 3.99. The van der Waals surface area contributed by atoms with Gasteiger partial charge >= 0.3 is 0 Å². The van der Waals surface area contributed by atoms with E-state index in [4.69, 9.17) is 0 Å². The molecule has 0 spiro atoms. The standard InChI is InChI=1S/C18H15N5OS/c1-12-17(25-11-19-12)18(24)20-14-7-5-13(6-8-14)10-16-22-21-15-4-2-3-9-23(15)16/h2-9,11H,10H2,1H3,(H,20,24). The van der Waals surface area contributed by atoms with Crippen LogP contribution < -0.4 is 5.32 Å². The van der Waals surface area contributed by atoms with Crippen LogP contribution in [0, 0.1) is 6.92 Å². The maximum Gasteiger partial charge on any atom is 0.267 e. The van der Waals surface area contributed by atoms with Crippen molar-refractivity contribution in [3.05, 3.63) is 76.1 Å². The summed E-state index contributed by atoms with van der Waals surface area (Å²) in [6.07, 6.45) is 2.63. The van der Waals surface area contributed by atoms with Gasteiger partial charge in [-0.3, -0.25) is 9.20 Å². The number of nitrogens with zero attached hydrogens (tertiary/aromatic N) is 4. The van der Waals surface area contributed by atoms with Crippen LogP contribution >= 0.6 is 11.3 Å². The maximum absolute atomic E-state index is 12.2. The monoisotopic (exact) mass is 349 g/mol. The Hall–Kier alpha value is -3.06. The minimum atomic E-state index is -0.129. The van der Waals surface area contributed by atoms with Crippen molar-refractivity contribution >= 4 is 28.6 Å². The number of rotatable bonds is 4. The van der Waals surface area contributed by atoms with Crippen molar-refractivity contribution in [1.29, 1.82) is 0 Å². The summed E-state index contributed by atoms with van der Waals surface area (Å²) in [6, 6.07) is 13.6. The van der Waals surface area contributed by atoms with Gasteiger partial charge in [-0.2, -0.15) is 0 Å². The lowest BCUT2D eigenvalue weighted by Crippen LogP contribution is -2.11. The van der Waals surface area contributed by atoms with Gasteiger partial charge in [-0.25, -0.2) is 4.98 Å². The fraction of sp³-hybridized carbons (Fsp3) is 0.111. The molecule has 1 aromatic carbocycles. The van der Waals surface area contributed by atoms with Gasteiger partial charge in [0.1, 0.15) is 10.7 Å². The van der Waals surface area contributed by atoms with E-state index < -0.39 is 0 Å². The number of nitrogens with one attached hydrogen (secondary N) is 1. The lowest BCUT2D eigenvalue weighted by molar-refractivity contribution is 0.103. The van der Waals surface area contributed by atoms with Crippen LogP contribution in [0.4, 0.5) is 5.69 Å². The summed E-state index contributed by atoms with van der Waals surface area (Å²) in [6.45, 7) is 1.83. The molecular weight excluding hydrogens is 334 g/mol. The number of thiazole rings is 1. The smallest absolute Gasteiger partial charge is 0.267 e. The molecular formula is C18H15N5OS. The zero-order valence-electron chi connectivity index (χ0n) is 13.5. The molecule has 4 rings (SSSR count). The number of aryl methyl sites for hydroxylation is 1. The molecule has 0 saturated carbocycles. The molecule has 124 valence electrons. The normalized spacial score (nSPS) is 10.9. The summed E-state index contributed by atoms with van der Waals surface area (Å²) in [5, 5.41) is 11.3. The molecule has 1 amide bonds. The van der Waals surface area contributed by atoms with E-state index in [1.54, 1.807) is 5.51 Å². The van der Waals surface area contributed by atoms with Crippen molar-refractivity contribution in [2.24, 2.45) is 0 Å². The zero-order chi connectivity index (χ0) is 17.2. The van der Waals surface area contributed by atoms with Crippen molar-refractivity contribution < 1.29 is 4.79 Å². The molecule has 25 heavy (non-hydrogen) atoms. The van der Waals surface area contributed by atoms with E-state index in [1.165, 1.54) is 11.3 Å². The summed E-state index contributed by atoms with van der Waals surface area (Å²) in [7, 11) is 0. The number of hydrogen-bond donors (Lipinski definition) is 1. The van der Waals surface area contributed by atoms with Gasteiger partial charge < -0.3 is 5.32 Å². The first-order chi connectivity index (χ1) is 12.2. The second kappa shape index (κ2) is 6.45. The second-order valence-corrected chi connectivity index (χ2v) is 6.49. The van der Waals surface area contributed by atoms with Gasteiger partial charge in [0.25, 0.3) is 5.91 Å². The highest BCUT2D eigenvalue weighted by molar-refractivity contribution is 7.12. The molecule has 4 aromatic rings. The second-order valence-electron chi connectivity index (χ2n) is 5.64. The SMILES string of the molecule is Cc1ncsc1C(=O)Nc1ccc(Cc2nnc3ccccn23)cc1. The highest BCUT2D eigenvalue weighted by Crippen LogP contribution is 2.17. The maximum atomic E-state index is 12.2. The Morgan fingerprint density at radius 1 is 1.16 bits per heavy atom. The summed E-state index contributed by atoms with van der Waals surface area (Å²) in [4.78, 5) is 17.0. The summed E-state index contributed by atoms with van der Waals surface area (Å²) in [5.41, 5.74) is 5.12. The molecule has 3 heterocycles. The number of benzene rings is 1. The third-order valence-electron chi connectivity index (χ3n) is 3.91. The Morgan fingerprint density at radius 3 is 2.76 bits per heavy atom. The minimum absolute atomic E-state index is 0.129. The van der Waals surface area contributed by atoms with E-state index in [1.807, 2.05) is 60.0 Å². The molecule has 0 unspecified atom stereocenters. The fourth-order valence-corrected chi connectivity index (χ4v) is 3.31. The largest absolute Gasteiger partial charge is 0.321 e. The molecule has 0 atom stereocenters. The zero-order valence-corrected chi connectivity index (χ0v) is 14.3. The molecule has 0 radical (unpaired) electrons. The van der Waals surface area contributed by atoms with Gasteiger partial charge in [-0.05, 0) is 36.8 Å². The molecule has 3 aromatic heterocycles. The van der Waals surface area contributed by atoms with Gasteiger partial charge in [0, 0.05) is 18.3 Å². The first-order valence-corrected chi connectivity index (χ1v) is 8.68. The third-order valence-corrected chi connectivity index (χ3v) is 4.84. The third kappa shape index (κ3) is 3.14. The average molecular weight is 349 g/mol. The van der Waals surface area contributed by atoms with Crippen LogP contribution in [0.25, 0.3) is 5.65 Å². The van der Waals surface area contributed by atoms with Crippen LogP contribution in [0.2, 0.25) is 0 Å². The number of amides is 1. The molecule has 0 aliphatic heterocycles. The van der Waals surface area contributed by atoms with Crippen molar-refractivity contribution in [3.8, 4) is 0 Å². The Labute approximate surface area is 148 Å².